The number of carbonyl (C=O) groups excluding carboxylic acids is 1. The smallest absolute Gasteiger partial charge is 0.326 e. The summed E-state index contributed by atoms with van der Waals surface area (Å²) in [6.07, 6.45) is 2.22. The minimum absolute atomic E-state index is 0.143. The Kier molecular flexibility index (Phi) is 3.34. The summed E-state index contributed by atoms with van der Waals surface area (Å²) >= 11 is 0. The fraction of sp³-hybridized carbons (Fsp3) is 0.800. The largest absolute Gasteiger partial charge is 0.480 e. The van der Waals surface area contributed by atoms with Gasteiger partial charge in [-0.15, -0.1) is 0 Å². The molecule has 0 aliphatic heterocycles. The Morgan fingerprint density at radius 2 is 1.93 bits per heavy atom. The summed E-state index contributed by atoms with van der Waals surface area (Å²) in [5, 5.41) is 11.4. The van der Waals surface area contributed by atoms with Gasteiger partial charge in [0.1, 0.15) is 6.04 Å². The molecular formula is C10H18N2O3. The fourth-order valence-electron chi connectivity index (χ4n) is 1.58. The molecule has 1 aliphatic rings. The van der Waals surface area contributed by atoms with Crippen LogP contribution in [0.1, 0.15) is 33.1 Å². The summed E-state index contributed by atoms with van der Waals surface area (Å²) < 4.78 is 0. The zero-order valence-electron chi connectivity index (χ0n) is 9.12. The SMILES string of the molecule is CC(C)C(NC(=O)C1(N)CCC1)C(=O)O. The van der Waals surface area contributed by atoms with Gasteiger partial charge in [-0.1, -0.05) is 13.8 Å². The van der Waals surface area contributed by atoms with Gasteiger partial charge in [0, 0.05) is 0 Å². The highest BCUT2D eigenvalue weighted by molar-refractivity contribution is 5.90. The number of aliphatic carboxylic acids is 1. The van der Waals surface area contributed by atoms with E-state index in [1.54, 1.807) is 13.8 Å². The molecule has 0 saturated heterocycles. The molecular weight excluding hydrogens is 196 g/mol. The van der Waals surface area contributed by atoms with Gasteiger partial charge in [-0.3, -0.25) is 4.79 Å². The van der Waals surface area contributed by atoms with Gasteiger partial charge in [0.05, 0.1) is 5.54 Å². The molecule has 86 valence electrons. The highest BCUT2D eigenvalue weighted by Gasteiger charge is 2.41. The monoisotopic (exact) mass is 214 g/mol. The molecule has 1 rings (SSSR count). The quantitative estimate of drug-likeness (QED) is 0.618. The van der Waals surface area contributed by atoms with Crippen LogP contribution in [0.15, 0.2) is 0 Å². The Balaban J connectivity index is 2.58. The van der Waals surface area contributed by atoms with Gasteiger partial charge in [0.2, 0.25) is 5.91 Å². The zero-order valence-corrected chi connectivity index (χ0v) is 9.12. The van der Waals surface area contributed by atoms with E-state index >= 15 is 0 Å². The predicted octanol–water partition coefficient (Wildman–Crippen LogP) is 0.0932. The molecule has 5 nitrogen and oxygen atoms in total. The maximum absolute atomic E-state index is 11.7. The molecule has 1 atom stereocenters. The van der Waals surface area contributed by atoms with Crippen LogP contribution in [0.4, 0.5) is 0 Å². The third-order valence-corrected chi connectivity index (χ3v) is 2.92. The lowest BCUT2D eigenvalue weighted by Gasteiger charge is -2.37. The topological polar surface area (TPSA) is 92.4 Å². The third-order valence-electron chi connectivity index (χ3n) is 2.92. The van der Waals surface area contributed by atoms with Gasteiger partial charge in [-0.05, 0) is 25.2 Å². The highest BCUT2D eigenvalue weighted by atomic mass is 16.4. The first-order valence-corrected chi connectivity index (χ1v) is 5.19. The van der Waals surface area contributed by atoms with E-state index in [0.29, 0.717) is 12.8 Å². The fourth-order valence-corrected chi connectivity index (χ4v) is 1.58. The van der Waals surface area contributed by atoms with Crippen LogP contribution in [0.3, 0.4) is 0 Å². The van der Waals surface area contributed by atoms with Crippen molar-refractivity contribution in [2.75, 3.05) is 0 Å². The van der Waals surface area contributed by atoms with Crippen LogP contribution in [0.5, 0.6) is 0 Å². The minimum atomic E-state index is -1.01. The van der Waals surface area contributed by atoms with Crippen molar-refractivity contribution < 1.29 is 14.7 Å². The lowest BCUT2D eigenvalue weighted by Crippen LogP contribution is -2.61. The van der Waals surface area contributed by atoms with Crippen LogP contribution in [-0.2, 0) is 9.59 Å². The van der Waals surface area contributed by atoms with E-state index in [2.05, 4.69) is 5.32 Å². The van der Waals surface area contributed by atoms with Gasteiger partial charge in [0.25, 0.3) is 0 Å². The first kappa shape index (κ1) is 12.0. The number of hydrogen-bond donors (Lipinski definition) is 3. The number of carboxylic acid groups (broad SMARTS) is 1. The van der Waals surface area contributed by atoms with E-state index in [1.165, 1.54) is 0 Å². The second kappa shape index (κ2) is 4.18. The normalized spacial score (nSPS) is 20.5. The van der Waals surface area contributed by atoms with E-state index in [4.69, 9.17) is 10.8 Å². The Morgan fingerprint density at radius 3 is 2.20 bits per heavy atom. The molecule has 0 aromatic heterocycles. The van der Waals surface area contributed by atoms with Crippen LogP contribution >= 0.6 is 0 Å². The van der Waals surface area contributed by atoms with Crippen molar-refractivity contribution in [2.45, 2.75) is 44.7 Å². The number of nitrogens with two attached hydrogens (primary N) is 1. The molecule has 15 heavy (non-hydrogen) atoms. The first-order chi connectivity index (χ1) is 6.87. The first-order valence-electron chi connectivity index (χ1n) is 5.19. The second-order valence-corrected chi connectivity index (χ2v) is 4.54. The molecule has 0 bridgehead atoms. The molecule has 1 fully saturated rings. The number of hydrogen-bond acceptors (Lipinski definition) is 3. The number of amides is 1. The van der Waals surface area contributed by atoms with Crippen LogP contribution in [0, 0.1) is 5.92 Å². The van der Waals surface area contributed by atoms with E-state index < -0.39 is 17.6 Å². The molecule has 0 spiro atoms. The average Bonchev–Trinajstić information content (AvgIpc) is 2.08. The summed E-state index contributed by atoms with van der Waals surface area (Å²) in [6.45, 7) is 3.51. The minimum Gasteiger partial charge on any atom is -0.480 e. The maximum atomic E-state index is 11.7. The molecule has 0 aromatic rings. The van der Waals surface area contributed by atoms with Crippen molar-refractivity contribution in [2.24, 2.45) is 11.7 Å². The molecule has 5 heteroatoms. The number of carbonyl (C=O) groups is 2. The van der Waals surface area contributed by atoms with E-state index in [0.717, 1.165) is 6.42 Å². The maximum Gasteiger partial charge on any atom is 0.326 e. The lowest BCUT2D eigenvalue weighted by atomic mass is 9.77. The highest BCUT2D eigenvalue weighted by Crippen LogP contribution is 2.29. The van der Waals surface area contributed by atoms with Gasteiger partial charge >= 0.3 is 5.97 Å². The number of carboxylic acids is 1. The van der Waals surface area contributed by atoms with E-state index in [-0.39, 0.29) is 11.8 Å². The van der Waals surface area contributed by atoms with Crippen LogP contribution in [0.2, 0.25) is 0 Å². The second-order valence-electron chi connectivity index (χ2n) is 4.54. The molecule has 1 saturated carbocycles. The van der Waals surface area contributed by atoms with Gasteiger partial charge in [-0.25, -0.2) is 4.79 Å². The van der Waals surface area contributed by atoms with E-state index in [1.807, 2.05) is 0 Å². The zero-order chi connectivity index (χ0) is 11.6. The molecule has 1 aliphatic carbocycles. The molecule has 0 aromatic carbocycles. The summed E-state index contributed by atoms with van der Waals surface area (Å²) in [7, 11) is 0. The van der Waals surface area contributed by atoms with Gasteiger partial charge in [0.15, 0.2) is 0 Å². The number of nitrogens with one attached hydrogen (secondary N) is 1. The molecule has 4 N–H and O–H groups in total. The van der Waals surface area contributed by atoms with Crippen molar-refractivity contribution >= 4 is 11.9 Å². The van der Waals surface area contributed by atoms with Crippen LogP contribution < -0.4 is 11.1 Å². The van der Waals surface area contributed by atoms with Crippen molar-refractivity contribution in [3.8, 4) is 0 Å². The van der Waals surface area contributed by atoms with Gasteiger partial charge in [-0.2, -0.15) is 0 Å². The van der Waals surface area contributed by atoms with Crippen molar-refractivity contribution in [3.63, 3.8) is 0 Å². The Hall–Kier alpha value is -1.10. The average molecular weight is 214 g/mol. The number of rotatable bonds is 4. The summed E-state index contributed by atoms with van der Waals surface area (Å²) in [5.74, 6) is -1.49. The molecule has 1 unspecified atom stereocenters. The molecule has 0 heterocycles. The van der Waals surface area contributed by atoms with Crippen molar-refractivity contribution in [3.05, 3.63) is 0 Å². The summed E-state index contributed by atoms with van der Waals surface area (Å²) in [4.78, 5) is 22.5. The van der Waals surface area contributed by atoms with Crippen LogP contribution in [0.25, 0.3) is 0 Å². The third kappa shape index (κ3) is 2.47. The summed E-state index contributed by atoms with van der Waals surface area (Å²) in [6, 6.07) is -0.849. The van der Waals surface area contributed by atoms with Crippen LogP contribution in [-0.4, -0.2) is 28.6 Å². The predicted molar refractivity (Wildman–Crippen MR) is 55.2 cm³/mol. The Morgan fingerprint density at radius 1 is 1.40 bits per heavy atom. The summed E-state index contributed by atoms with van der Waals surface area (Å²) in [5.41, 5.74) is 4.96. The standard InChI is InChI=1S/C10H18N2O3/c1-6(2)7(8(13)14)12-9(15)10(11)4-3-5-10/h6-7H,3-5,11H2,1-2H3,(H,12,15)(H,13,14). The van der Waals surface area contributed by atoms with E-state index in [9.17, 15) is 9.59 Å². The Bertz CT molecular complexity index is 272. The molecule has 1 amide bonds. The van der Waals surface area contributed by atoms with Crippen molar-refractivity contribution in [1.82, 2.24) is 5.32 Å². The van der Waals surface area contributed by atoms with Gasteiger partial charge < -0.3 is 16.2 Å². The lowest BCUT2D eigenvalue weighted by molar-refractivity contribution is -0.144. The Labute approximate surface area is 89.0 Å². The molecule has 0 radical (unpaired) electrons. The van der Waals surface area contributed by atoms with Crippen molar-refractivity contribution in [1.29, 1.82) is 0 Å².